The lowest BCUT2D eigenvalue weighted by Gasteiger charge is -1.91. The zero-order valence-electron chi connectivity index (χ0n) is 4.98. The van der Waals surface area contributed by atoms with Crippen molar-refractivity contribution >= 4 is 12.4 Å². The van der Waals surface area contributed by atoms with Crippen molar-refractivity contribution in [3.63, 3.8) is 0 Å². The van der Waals surface area contributed by atoms with Gasteiger partial charge in [0, 0.05) is 6.54 Å². The molecule has 3 nitrogen and oxygen atoms in total. The highest BCUT2D eigenvalue weighted by Gasteiger charge is 1.72. The molecule has 0 saturated heterocycles. The Bertz CT molecular complexity index is 26.0. The zero-order chi connectivity index (χ0) is 4.83. The number of hydrogen-bond acceptors (Lipinski definition) is 2. The topological polar surface area (TPSA) is 63.8 Å². The lowest BCUT2D eigenvalue weighted by Crippen LogP contribution is -2.16. The monoisotopic (exact) mass is 143 g/mol. The molecule has 0 bridgehead atoms. The van der Waals surface area contributed by atoms with Crippen LogP contribution in [-0.4, -0.2) is 30.3 Å². The second-order valence-corrected chi connectivity index (χ2v) is 1.08. The van der Waals surface area contributed by atoms with Gasteiger partial charge in [-0.15, -0.1) is 12.4 Å². The third-order valence-electron chi connectivity index (χ3n) is 0.539. The molecule has 0 aliphatic heterocycles. The van der Waals surface area contributed by atoms with Gasteiger partial charge in [0.05, 0.1) is 6.61 Å². The van der Waals surface area contributed by atoms with Gasteiger partial charge < -0.3 is 15.9 Å². The van der Waals surface area contributed by atoms with Crippen molar-refractivity contribution in [3.05, 3.63) is 0 Å². The van der Waals surface area contributed by atoms with E-state index in [-0.39, 0.29) is 24.5 Å². The van der Waals surface area contributed by atoms with Gasteiger partial charge in [0.25, 0.3) is 0 Å². The van der Waals surface area contributed by atoms with Gasteiger partial charge in [0.2, 0.25) is 0 Å². The third-order valence-corrected chi connectivity index (χ3v) is 0.539. The summed E-state index contributed by atoms with van der Waals surface area (Å²) >= 11 is 0. The summed E-state index contributed by atoms with van der Waals surface area (Å²) in [5, 5.41) is 11.1. The molecule has 8 heavy (non-hydrogen) atoms. The Labute approximate surface area is 55.8 Å². The molecule has 0 heterocycles. The van der Waals surface area contributed by atoms with Gasteiger partial charge in [-0.3, -0.25) is 0 Å². The number of rotatable bonds is 3. The van der Waals surface area contributed by atoms with Crippen LogP contribution in [0, 0.1) is 0 Å². The predicted molar refractivity (Wildman–Crippen MR) is 36.5 cm³/mol. The Kier molecular flexibility index (Phi) is 30.8. The van der Waals surface area contributed by atoms with Crippen molar-refractivity contribution in [2.45, 2.75) is 6.92 Å². The van der Waals surface area contributed by atoms with E-state index in [1.54, 1.807) is 0 Å². The molecule has 0 saturated carbocycles. The highest BCUT2D eigenvalue weighted by Crippen LogP contribution is 1.51. The number of halogens is 1. The van der Waals surface area contributed by atoms with Crippen LogP contribution in [-0.2, 0) is 0 Å². The van der Waals surface area contributed by atoms with Gasteiger partial charge in [-0.25, -0.2) is 0 Å². The van der Waals surface area contributed by atoms with Gasteiger partial charge in [0.15, 0.2) is 0 Å². The molecular formula is C4H14ClNO2. The van der Waals surface area contributed by atoms with Gasteiger partial charge >= 0.3 is 0 Å². The van der Waals surface area contributed by atoms with E-state index >= 15 is 0 Å². The van der Waals surface area contributed by atoms with Crippen molar-refractivity contribution in [2.75, 3.05) is 19.7 Å². The average molecular weight is 144 g/mol. The summed E-state index contributed by atoms with van der Waals surface area (Å²) in [6.45, 7) is 3.92. The maximum absolute atomic E-state index is 8.13. The number of hydrogen-bond donors (Lipinski definition) is 2. The first-order valence-corrected chi connectivity index (χ1v) is 2.23. The quantitative estimate of drug-likeness (QED) is 0.508. The van der Waals surface area contributed by atoms with Gasteiger partial charge in [0.1, 0.15) is 0 Å². The number of likely N-dealkylation sites (N-methyl/N-ethyl adjacent to an activating group) is 1. The van der Waals surface area contributed by atoms with Crippen LogP contribution < -0.4 is 5.32 Å². The van der Waals surface area contributed by atoms with Crippen molar-refractivity contribution in [2.24, 2.45) is 0 Å². The van der Waals surface area contributed by atoms with Crippen LogP contribution in [0.2, 0.25) is 0 Å². The first kappa shape index (κ1) is 15.7. The van der Waals surface area contributed by atoms with E-state index in [2.05, 4.69) is 5.32 Å². The normalized spacial score (nSPS) is 6.75. The van der Waals surface area contributed by atoms with E-state index in [4.69, 9.17) is 5.11 Å². The molecular weight excluding hydrogens is 130 g/mol. The van der Waals surface area contributed by atoms with E-state index in [0.717, 1.165) is 13.1 Å². The van der Waals surface area contributed by atoms with Crippen LogP contribution in [0.4, 0.5) is 0 Å². The van der Waals surface area contributed by atoms with Crippen molar-refractivity contribution < 1.29 is 10.6 Å². The highest BCUT2D eigenvalue weighted by atomic mass is 35.5. The largest absolute Gasteiger partial charge is 0.412 e. The van der Waals surface area contributed by atoms with Crippen LogP contribution in [0.15, 0.2) is 0 Å². The molecule has 4 heteroatoms. The molecule has 0 aromatic carbocycles. The molecule has 0 fully saturated rings. The SMILES string of the molecule is CCNCCO.Cl.O. The fraction of sp³-hybridized carbons (Fsp3) is 1.00. The Morgan fingerprint density at radius 1 is 1.50 bits per heavy atom. The fourth-order valence-electron chi connectivity index (χ4n) is 0.256. The van der Waals surface area contributed by atoms with Crippen molar-refractivity contribution in [3.8, 4) is 0 Å². The number of aliphatic hydroxyl groups excluding tert-OH is 1. The molecule has 0 aliphatic carbocycles. The Morgan fingerprint density at radius 2 is 2.00 bits per heavy atom. The molecule has 0 spiro atoms. The summed E-state index contributed by atoms with van der Waals surface area (Å²) in [6.07, 6.45) is 0. The third kappa shape index (κ3) is 16.4. The minimum Gasteiger partial charge on any atom is -0.412 e. The molecule has 0 radical (unpaired) electrons. The standard InChI is InChI=1S/C4H11NO.ClH.H2O/c1-2-5-3-4-6;;/h5-6H,2-4H2,1H3;1H;1H2. The Morgan fingerprint density at radius 3 is 2.12 bits per heavy atom. The number of nitrogens with one attached hydrogen (secondary N) is 1. The van der Waals surface area contributed by atoms with Gasteiger partial charge in [-0.2, -0.15) is 0 Å². The van der Waals surface area contributed by atoms with Crippen LogP contribution in [0.5, 0.6) is 0 Å². The molecule has 0 amide bonds. The van der Waals surface area contributed by atoms with Crippen LogP contribution in [0.25, 0.3) is 0 Å². The molecule has 0 atom stereocenters. The second kappa shape index (κ2) is 15.7. The summed E-state index contributed by atoms with van der Waals surface area (Å²) in [5.41, 5.74) is 0. The summed E-state index contributed by atoms with van der Waals surface area (Å²) in [7, 11) is 0. The van der Waals surface area contributed by atoms with E-state index in [1.807, 2.05) is 6.92 Å². The van der Waals surface area contributed by atoms with E-state index in [9.17, 15) is 0 Å². The van der Waals surface area contributed by atoms with Crippen LogP contribution >= 0.6 is 12.4 Å². The van der Waals surface area contributed by atoms with Gasteiger partial charge in [-0.05, 0) is 6.54 Å². The van der Waals surface area contributed by atoms with Crippen LogP contribution in [0.1, 0.15) is 6.92 Å². The molecule has 0 unspecified atom stereocenters. The predicted octanol–water partition coefficient (Wildman–Crippen LogP) is -0.815. The van der Waals surface area contributed by atoms with Crippen molar-refractivity contribution in [1.29, 1.82) is 0 Å². The molecule has 0 rings (SSSR count). The van der Waals surface area contributed by atoms with Crippen molar-refractivity contribution in [1.82, 2.24) is 5.32 Å². The lowest BCUT2D eigenvalue weighted by atomic mass is 10.6. The zero-order valence-corrected chi connectivity index (χ0v) is 5.79. The minimum atomic E-state index is 0. The highest BCUT2D eigenvalue weighted by molar-refractivity contribution is 5.85. The Balaban J connectivity index is -0.000000125. The molecule has 4 N–H and O–H groups in total. The van der Waals surface area contributed by atoms with E-state index in [1.165, 1.54) is 0 Å². The summed E-state index contributed by atoms with van der Waals surface area (Å²) in [4.78, 5) is 0. The van der Waals surface area contributed by atoms with Gasteiger partial charge in [-0.1, -0.05) is 6.92 Å². The maximum atomic E-state index is 8.13. The molecule has 0 aliphatic rings. The summed E-state index contributed by atoms with van der Waals surface area (Å²) < 4.78 is 0. The maximum Gasteiger partial charge on any atom is 0.0555 e. The molecule has 54 valence electrons. The minimum absolute atomic E-state index is 0. The van der Waals surface area contributed by atoms with E-state index in [0.29, 0.717) is 0 Å². The summed E-state index contributed by atoms with van der Waals surface area (Å²) in [5.74, 6) is 0. The first-order valence-electron chi connectivity index (χ1n) is 2.23. The fourth-order valence-corrected chi connectivity index (χ4v) is 0.256. The lowest BCUT2D eigenvalue weighted by molar-refractivity contribution is 0.293. The average Bonchev–Trinajstić information content (AvgIpc) is 1.61. The molecule has 0 aromatic rings. The second-order valence-electron chi connectivity index (χ2n) is 1.08. The Hall–Kier alpha value is 0.170. The first-order chi connectivity index (χ1) is 2.91. The number of aliphatic hydroxyl groups is 1. The van der Waals surface area contributed by atoms with E-state index < -0.39 is 0 Å². The molecule has 0 aromatic heterocycles. The summed E-state index contributed by atoms with van der Waals surface area (Å²) in [6, 6.07) is 0. The smallest absolute Gasteiger partial charge is 0.0555 e. The van der Waals surface area contributed by atoms with Crippen LogP contribution in [0.3, 0.4) is 0 Å².